The molecule has 0 aliphatic carbocycles. The molecule has 3 aliphatic heterocycles. The second-order valence-corrected chi connectivity index (χ2v) is 8.12. The van der Waals surface area contributed by atoms with Gasteiger partial charge in [0.1, 0.15) is 11.6 Å². The summed E-state index contributed by atoms with van der Waals surface area (Å²) in [5.74, 6) is 4.57. The van der Waals surface area contributed by atoms with E-state index in [-0.39, 0.29) is 0 Å². The highest BCUT2D eigenvalue weighted by molar-refractivity contribution is 5.80. The number of nitrogens with one attached hydrogen (secondary N) is 1. The van der Waals surface area contributed by atoms with Gasteiger partial charge >= 0.3 is 0 Å². The Morgan fingerprint density at radius 1 is 1.15 bits per heavy atom. The van der Waals surface area contributed by atoms with Crippen molar-refractivity contribution in [3.05, 3.63) is 11.6 Å². The molecule has 0 saturated carbocycles. The first-order chi connectivity index (χ1) is 13.2. The van der Waals surface area contributed by atoms with Gasteiger partial charge in [0.15, 0.2) is 5.96 Å². The molecule has 2 saturated heterocycles. The molecule has 1 aromatic heterocycles. The number of fused-ring (bicyclic) bond motifs is 1. The molecule has 150 valence electrons. The van der Waals surface area contributed by atoms with Crippen molar-refractivity contribution in [1.29, 1.82) is 0 Å². The first kappa shape index (κ1) is 18.7. The van der Waals surface area contributed by atoms with Crippen LogP contribution < -0.4 is 5.32 Å². The number of aromatic nitrogens is 3. The summed E-state index contributed by atoms with van der Waals surface area (Å²) in [6.07, 6.45) is 3.45. The van der Waals surface area contributed by atoms with Crippen LogP contribution in [0.5, 0.6) is 0 Å². The van der Waals surface area contributed by atoms with Crippen LogP contribution in [0.4, 0.5) is 0 Å². The van der Waals surface area contributed by atoms with Crippen molar-refractivity contribution in [1.82, 2.24) is 29.9 Å². The molecular formula is C19H33N7O. The number of aryl methyl sites for hydroxylation is 2. The van der Waals surface area contributed by atoms with E-state index in [1.807, 2.05) is 14.0 Å². The molecule has 27 heavy (non-hydrogen) atoms. The summed E-state index contributed by atoms with van der Waals surface area (Å²) in [7, 11) is 1.90. The lowest BCUT2D eigenvalue weighted by atomic mass is 9.99. The summed E-state index contributed by atoms with van der Waals surface area (Å²) in [4.78, 5) is 9.54. The monoisotopic (exact) mass is 375 g/mol. The maximum Gasteiger partial charge on any atom is 0.193 e. The van der Waals surface area contributed by atoms with E-state index in [9.17, 15) is 0 Å². The van der Waals surface area contributed by atoms with Crippen molar-refractivity contribution in [3.63, 3.8) is 0 Å². The van der Waals surface area contributed by atoms with Gasteiger partial charge < -0.3 is 19.5 Å². The summed E-state index contributed by atoms with van der Waals surface area (Å²) in [6.45, 7) is 11.4. The molecule has 1 N–H and O–H groups in total. The average Bonchev–Trinajstić information content (AvgIpc) is 3.30. The fraction of sp³-hybridized carbons (Fsp3) is 0.842. The quantitative estimate of drug-likeness (QED) is 0.606. The van der Waals surface area contributed by atoms with E-state index in [1.165, 1.54) is 19.4 Å². The maximum absolute atomic E-state index is 5.46. The lowest BCUT2D eigenvalue weighted by Crippen LogP contribution is -2.44. The van der Waals surface area contributed by atoms with Gasteiger partial charge in [0.05, 0.1) is 13.2 Å². The molecule has 0 radical (unpaired) electrons. The second-order valence-electron chi connectivity index (χ2n) is 8.12. The number of hydrogen-bond donors (Lipinski definition) is 1. The van der Waals surface area contributed by atoms with Crippen LogP contribution in [0.2, 0.25) is 0 Å². The number of rotatable bonds is 4. The molecule has 8 nitrogen and oxygen atoms in total. The first-order valence-electron chi connectivity index (χ1n) is 10.4. The fourth-order valence-corrected chi connectivity index (χ4v) is 4.59. The van der Waals surface area contributed by atoms with Crippen molar-refractivity contribution in [2.24, 2.45) is 16.8 Å². The SMILES string of the molecule is CN=C(NCC1CCc2nnc(C)n2C1)N1CCC(CN2CCOCC2)C1. The van der Waals surface area contributed by atoms with E-state index < -0.39 is 0 Å². The van der Waals surface area contributed by atoms with E-state index in [1.54, 1.807) is 0 Å². The third-order valence-corrected chi connectivity index (χ3v) is 6.20. The smallest absolute Gasteiger partial charge is 0.193 e. The minimum absolute atomic E-state index is 0.607. The lowest BCUT2D eigenvalue weighted by Gasteiger charge is -2.29. The third kappa shape index (κ3) is 4.43. The van der Waals surface area contributed by atoms with Gasteiger partial charge in [-0.3, -0.25) is 9.89 Å². The molecule has 4 rings (SSSR count). The van der Waals surface area contributed by atoms with E-state index in [2.05, 4.69) is 34.9 Å². The highest BCUT2D eigenvalue weighted by Gasteiger charge is 2.28. The highest BCUT2D eigenvalue weighted by Crippen LogP contribution is 2.21. The number of hydrogen-bond acceptors (Lipinski definition) is 5. The highest BCUT2D eigenvalue weighted by atomic mass is 16.5. The summed E-state index contributed by atoms with van der Waals surface area (Å²) >= 11 is 0. The van der Waals surface area contributed by atoms with Crippen molar-refractivity contribution >= 4 is 5.96 Å². The van der Waals surface area contributed by atoms with Crippen LogP contribution in [0.15, 0.2) is 4.99 Å². The summed E-state index contributed by atoms with van der Waals surface area (Å²) in [5, 5.41) is 12.1. The zero-order valence-electron chi connectivity index (χ0n) is 16.7. The number of nitrogens with zero attached hydrogens (tertiary/aromatic N) is 6. The van der Waals surface area contributed by atoms with Gasteiger partial charge in [-0.1, -0.05) is 0 Å². The summed E-state index contributed by atoms with van der Waals surface area (Å²) in [5.41, 5.74) is 0. The summed E-state index contributed by atoms with van der Waals surface area (Å²) < 4.78 is 7.73. The van der Waals surface area contributed by atoms with E-state index >= 15 is 0 Å². The van der Waals surface area contributed by atoms with Gasteiger partial charge in [0.25, 0.3) is 0 Å². The Hall–Kier alpha value is -1.67. The lowest BCUT2D eigenvalue weighted by molar-refractivity contribution is 0.0315. The second kappa shape index (κ2) is 8.56. The maximum atomic E-state index is 5.46. The van der Waals surface area contributed by atoms with E-state index in [0.29, 0.717) is 5.92 Å². The van der Waals surface area contributed by atoms with Crippen LogP contribution in [0.3, 0.4) is 0 Å². The molecule has 2 fully saturated rings. The molecule has 2 atom stereocenters. The van der Waals surface area contributed by atoms with E-state index in [4.69, 9.17) is 4.74 Å². The van der Waals surface area contributed by atoms with Crippen LogP contribution in [0, 0.1) is 18.8 Å². The minimum atomic E-state index is 0.607. The number of guanidine groups is 1. The van der Waals surface area contributed by atoms with Gasteiger partial charge in [-0.15, -0.1) is 10.2 Å². The molecule has 0 aromatic carbocycles. The fourth-order valence-electron chi connectivity index (χ4n) is 4.59. The molecular weight excluding hydrogens is 342 g/mol. The Morgan fingerprint density at radius 2 is 2.00 bits per heavy atom. The topological polar surface area (TPSA) is 70.8 Å². The predicted octanol–water partition coefficient (Wildman–Crippen LogP) is 0.378. The van der Waals surface area contributed by atoms with E-state index in [0.717, 1.165) is 82.4 Å². The van der Waals surface area contributed by atoms with Crippen molar-refractivity contribution in [2.45, 2.75) is 32.7 Å². The van der Waals surface area contributed by atoms with Crippen molar-refractivity contribution < 1.29 is 4.74 Å². The van der Waals surface area contributed by atoms with Crippen LogP contribution in [0.25, 0.3) is 0 Å². The molecule has 8 heteroatoms. The average molecular weight is 376 g/mol. The number of ether oxygens (including phenoxy) is 1. The van der Waals surface area contributed by atoms with Gasteiger partial charge in [-0.2, -0.15) is 0 Å². The number of morpholine rings is 1. The minimum Gasteiger partial charge on any atom is -0.379 e. The molecule has 0 amide bonds. The zero-order chi connectivity index (χ0) is 18.6. The van der Waals surface area contributed by atoms with Crippen LogP contribution >= 0.6 is 0 Å². The Labute approximate surface area is 162 Å². The predicted molar refractivity (Wildman–Crippen MR) is 105 cm³/mol. The third-order valence-electron chi connectivity index (χ3n) is 6.20. The largest absolute Gasteiger partial charge is 0.379 e. The van der Waals surface area contributed by atoms with Gasteiger partial charge in [0.2, 0.25) is 0 Å². The summed E-state index contributed by atoms with van der Waals surface area (Å²) in [6, 6.07) is 0. The molecule has 4 heterocycles. The van der Waals surface area contributed by atoms with Crippen molar-refractivity contribution in [3.8, 4) is 0 Å². The molecule has 3 aliphatic rings. The van der Waals surface area contributed by atoms with Crippen molar-refractivity contribution in [2.75, 3.05) is 59.5 Å². The standard InChI is InChI=1S/C19H33N7O/c1-15-22-23-18-4-3-16(14-26(15)18)11-21-19(20-2)25-6-5-17(13-25)12-24-7-9-27-10-8-24/h16-17H,3-14H2,1-2H3,(H,20,21). The van der Waals surface area contributed by atoms with Crippen LogP contribution in [-0.4, -0.2) is 90.1 Å². The Morgan fingerprint density at radius 3 is 2.81 bits per heavy atom. The zero-order valence-corrected chi connectivity index (χ0v) is 16.7. The number of aliphatic imine (C=N–C) groups is 1. The Balaban J connectivity index is 1.24. The van der Waals surface area contributed by atoms with Gasteiger partial charge in [-0.25, -0.2) is 0 Å². The Bertz CT molecular complexity index is 652. The van der Waals surface area contributed by atoms with Crippen LogP contribution in [-0.2, 0) is 17.7 Å². The molecule has 0 spiro atoms. The molecule has 2 unspecified atom stereocenters. The number of likely N-dealkylation sites (tertiary alicyclic amines) is 1. The molecule has 0 bridgehead atoms. The normalized spacial score (nSPS) is 27.0. The van der Waals surface area contributed by atoms with Gasteiger partial charge in [0, 0.05) is 59.3 Å². The molecule has 1 aromatic rings. The van der Waals surface area contributed by atoms with Crippen LogP contribution in [0.1, 0.15) is 24.5 Å². The Kier molecular flexibility index (Phi) is 5.92. The first-order valence-corrected chi connectivity index (χ1v) is 10.4. The van der Waals surface area contributed by atoms with Gasteiger partial charge in [-0.05, 0) is 31.6 Å².